The molecule has 2 N–H and O–H groups in total. The molecule has 2 heterocycles. The van der Waals surface area contributed by atoms with E-state index in [-0.39, 0.29) is 42.3 Å². The van der Waals surface area contributed by atoms with Gasteiger partial charge in [0.15, 0.2) is 23.1 Å². The number of fused-ring (bicyclic) bond motifs is 1. The predicted molar refractivity (Wildman–Crippen MR) is 151 cm³/mol. The minimum atomic E-state index is -0.745. The summed E-state index contributed by atoms with van der Waals surface area (Å²) in [6.07, 6.45) is 1.30. The molecular formula is C29H27FN6O6. The smallest absolute Gasteiger partial charge is 0.338 e. The quantitative estimate of drug-likeness (QED) is 0.241. The summed E-state index contributed by atoms with van der Waals surface area (Å²) < 4.78 is 34.3. The van der Waals surface area contributed by atoms with Crippen LogP contribution < -0.4 is 20.5 Å². The number of nitrogens with zero attached hydrogens (tertiary/aromatic N) is 4. The number of benzene rings is 3. The highest BCUT2D eigenvalue weighted by atomic mass is 19.1. The molecule has 12 nitrogen and oxygen atoms in total. The SMILES string of the molecule is CCOC(=O)c1cc(-c2cc(F)c(OCc3ncn[nH]3)c(OC)c2)c2c(c1)n(CC(=O)Nc1ccccc1)c(=O)n2C. The zero-order valence-corrected chi connectivity index (χ0v) is 23.0. The molecule has 216 valence electrons. The summed E-state index contributed by atoms with van der Waals surface area (Å²) in [5.74, 6) is -1.52. The lowest BCUT2D eigenvalue weighted by atomic mass is 10.00. The van der Waals surface area contributed by atoms with Crippen molar-refractivity contribution in [1.82, 2.24) is 24.3 Å². The van der Waals surface area contributed by atoms with Crippen LogP contribution in [0.5, 0.6) is 11.5 Å². The van der Waals surface area contributed by atoms with Gasteiger partial charge in [-0.05, 0) is 48.9 Å². The monoisotopic (exact) mass is 574 g/mol. The molecule has 1 amide bonds. The molecule has 0 saturated heterocycles. The first kappa shape index (κ1) is 28.1. The second-order valence-corrected chi connectivity index (χ2v) is 9.16. The second-order valence-electron chi connectivity index (χ2n) is 9.16. The minimum absolute atomic E-state index is 0.0749. The van der Waals surface area contributed by atoms with E-state index < -0.39 is 23.4 Å². The largest absolute Gasteiger partial charge is 0.493 e. The van der Waals surface area contributed by atoms with Crippen molar-refractivity contribution >= 4 is 28.6 Å². The first-order valence-electron chi connectivity index (χ1n) is 12.9. The maximum atomic E-state index is 15.5. The molecule has 0 unspecified atom stereocenters. The molecular weight excluding hydrogens is 547 g/mol. The molecule has 13 heteroatoms. The third-order valence-electron chi connectivity index (χ3n) is 6.46. The maximum Gasteiger partial charge on any atom is 0.338 e. The number of carbonyl (C=O) groups is 2. The van der Waals surface area contributed by atoms with Gasteiger partial charge in [-0.1, -0.05) is 18.2 Å². The zero-order chi connectivity index (χ0) is 29.8. The Kier molecular flexibility index (Phi) is 8.00. The highest BCUT2D eigenvalue weighted by Gasteiger charge is 2.23. The summed E-state index contributed by atoms with van der Waals surface area (Å²) in [5, 5.41) is 9.13. The Morgan fingerprint density at radius 1 is 1.12 bits per heavy atom. The van der Waals surface area contributed by atoms with Gasteiger partial charge in [-0.2, -0.15) is 5.10 Å². The Labute approximate surface area is 238 Å². The van der Waals surface area contributed by atoms with Gasteiger partial charge in [0.25, 0.3) is 0 Å². The summed E-state index contributed by atoms with van der Waals surface area (Å²) in [6.45, 7) is 1.37. The number of amides is 1. The molecule has 2 aromatic heterocycles. The number of hydrogen-bond donors (Lipinski definition) is 2. The molecule has 5 aromatic rings. The van der Waals surface area contributed by atoms with Gasteiger partial charge in [0.05, 0.1) is 30.3 Å². The average Bonchev–Trinajstić information content (AvgIpc) is 3.59. The van der Waals surface area contributed by atoms with Crippen LogP contribution in [0.4, 0.5) is 10.1 Å². The highest BCUT2D eigenvalue weighted by molar-refractivity contribution is 6.01. The molecule has 0 aliphatic rings. The molecule has 0 bridgehead atoms. The van der Waals surface area contributed by atoms with E-state index in [1.807, 2.05) is 6.07 Å². The molecule has 0 aliphatic carbocycles. The van der Waals surface area contributed by atoms with E-state index in [1.165, 1.54) is 53.9 Å². The van der Waals surface area contributed by atoms with E-state index in [9.17, 15) is 14.4 Å². The van der Waals surface area contributed by atoms with Crippen LogP contribution in [0.2, 0.25) is 0 Å². The van der Waals surface area contributed by atoms with Crippen molar-refractivity contribution in [3.63, 3.8) is 0 Å². The fraction of sp³-hybridized carbons (Fsp3) is 0.207. The van der Waals surface area contributed by atoms with Crippen LogP contribution in [0.1, 0.15) is 23.1 Å². The number of para-hydroxylation sites is 1. The molecule has 42 heavy (non-hydrogen) atoms. The van der Waals surface area contributed by atoms with Crippen LogP contribution in [-0.2, 0) is 29.7 Å². The Bertz CT molecular complexity index is 1810. The lowest BCUT2D eigenvalue weighted by Gasteiger charge is -2.15. The van der Waals surface area contributed by atoms with Crippen LogP contribution in [0.3, 0.4) is 0 Å². The molecule has 5 rings (SSSR count). The number of aromatic amines is 1. The van der Waals surface area contributed by atoms with Crippen molar-refractivity contribution in [3.8, 4) is 22.6 Å². The maximum absolute atomic E-state index is 15.5. The Hall–Kier alpha value is -5.46. The van der Waals surface area contributed by atoms with Crippen molar-refractivity contribution in [2.24, 2.45) is 7.05 Å². The summed E-state index contributed by atoms with van der Waals surface area (Å²) in [6, 6.07) is 14.6. The van der Waals surface area contributed by atoms with Crippen molar-refractivity contribution in [2.75, 3.05) is 19.0 Å². The minimum Gasteiger partial charge on any atom is -0.493 e. The van der Waals surface area contributed by atoms with Gasteiger partial charge in [0.1, 0.15) is 19.5 Å². The lowest BCUT2D eigenvalue weighted by Crippen LogP contribution is -2.28. The van der Waals surface area contributed by atoms with Gasteiger partial charge in [0, 0.05) is 18.3 Å². The van der Waals surface area contributed by atoms with Crippen LogP contribution in [0.25, 0.3) is 22.2 Å². The third kappa shape index (κ3) is 5.57. The summed E-state index contributed by atoms with van der Waals surface area (Å²) in [4.78, 5) is 43.1. The van der Waals surface area contributed by atoms with Crippen LogP contribution >= 0.6 is 0 Å². The first-order valence-corrected chi connectivity index (χ1v) is 12.9. The summed E-state index contributed by atoms with van der Waals surface area (Å²) in [7, 11) is 2.90. The molecule has 0 spiro atoms. The van der Waals surface area contributed by atoms with E-state index in [1.54, 1.807) is 31.2 Å². The molecule has 0 radical (unpaired) electrons. The number of anilines is 1. The third-order valence-corrected chi connectivity index (χ3v) is 6.46. The number of hydrogen-bond acceptors (Lipinski definition) is 8. The Balaban J connectivity index is 1.62. The van der Waals surface area contributed by atoms with Gasteiger partial charge < -0.3 is 19.5 Å². The summed E-state index contributed by atoms with van der Waals surface area (Å²) in [5.41, 5.74) is 1.48. The van der Waals surface area contributed by atoms with E-state index in [2.05, 4.69) is 20.5 Å². The number of H-pyrrole nitrogens is 1. The van der Waals surface area contributed by atoms with Crippen LogP contribution in [0.15, 0.2) is 65.7 Å². The highest BCUT2D eigenvalue weighted by Crippen LogP contribution is 2.38. The number of aryl methyl sites for hydroxylation is 1. The van der Waals surface area contributed by atoms with Gasteiger partial charge in [-0.3, -0.25) is 19.0 Å². The van der Waals surface area contributed by atoms with E-state index in [0.717, 1.165) is 0 Å². The zero-order valence-electron chi connectivity index (χ0n) is 23.0. The number of carbonyl (C=O) groups excluding carboxylic acids is 2. The molecule has 0 fully saturated rings. The van der Waals surface area contributed by atoms with Crippen LogP contribution in [0, 0.1) is 5.82 Å². The van der Waals surface area contributed by atoms with Crippen molar-refractivity contribution in [2.45, 2.75) is 20.1 Å². The van der Waals surface area contributed by atoms with E-state index in [4.69, 9.17) is 14.2 Å². The molecule has 0 aliphatic heterocycles. The standard InChI is InChI=1S/C29H27FN6O6/c1-4-41-28(38)18-10-20(17-11-21(30)27(23(13-17)40-3)42-15-24-31-16-32-34-24)26-22(12-18)36(29(39)35(26)2)14-25(37)33-19-8-6-5-7-9-19/h5-13,16H,4,14-15H2,1-3H3,(H,33,37)(H,31,32,34). The van der Waals surface area contributed by atoms with Gasteiger partial charge in [0.2, 0.25) is 5.91 Å². The number of rotatable bonds is 10. The number of esters is 1. The fourth-order valence-electron chi connectivity index (χ4n) is 4.58. The van der Waals surface area contributed by atoms with Crippen molar-refractivity contribution in [3.05, 3.63) is 88.6 Å². The van der Waals surface area contributed by atoms with Crippen molar-refractivity contribution in [1.29, 1.82) is 0 Å². The van der Waals surface area contributed by atoms with Gasteiger partial charge in [-0.25, -0.2) is 19.0 Å². The number of aromatic nitrogens is 5. The Morgan fingerprint density at radius 2 is 1.90 bits per heavy atom. The van der Waals surface area contributed by atoms with Crippen molar-refractivity contribution < 1.29 is 28.2 Å². The predicted octanol–water partition coefficient (Wildman–Crippen LogP) is 3.67. The second kappa shape index (κ2) is 12.0. The number of nitrogens with one attached hydrogen (secondary N) is 2. The number of methoxy groups -OCH3 is 1. The van der Waals surface area contributed by atoms with E-state index in [0.29, 0.717) is 28.2 Å². The normalized spacial score (nSPS) is 11.0. The number of halogens is 1. The summed E-state index contributed by atoms with van der Waals surface area (Å²) >= 11 is 0. The fourth-order valence-corrected chi connectivity index (χ4v) is 4.58. The van der Waals surface area contributed by atoms with E-state index >= 15 is 4.39 Å². The molecule has 0 atom stereocenters. The topological polar surface area (TPSA) is 142 Å². The lowest BCUT2D eigenvalue weighted by molar-refractivity contribution is -0.116. The first-order chi connectivity index (χ1) is 20.3. The molecule has 3 aromatic carbocycles. The average molecular weight is 575 g/mol. The van der Waals surface area contributed by atoms with Gasteiger partial charge in [-0.15, -0.1) is 0 Å². The van der Waals surface area contributed by atoms with Crippen LogP contribution in [-0.4, -0.2) is 49.9 Å². The number of ether oxygens (including phenoxy) is 3. The Morgan fingerprint density at radius 3 is 2.60 bits per heavy atom. The molecule has 0 saturated carbocycles. The van der Waals surface area contributed by atoms with Gasteiger partial charge >= 0.3 is 11.7 Å². The number of imidazole rings is 1.